The molecule has 0 saturated heterocycles. The van der Waals surface area contributed by atoms with Crippen LogP contribution in [0.4, 0.5) is 0 Å². The zero-order chi connectivity index (χ0) is 29.4. The van der Waals surface area contributed by atoms with Crippen molar-refractivity contribution in [3.05, 3.63) is 83.9 Å². The lowest BCUT2D eigenvalue weighted by molar-refractivity contribution is -0.147. The standard InChI is InChI=1S/C33H44N4O3/c1-23(34)31(39)28(21-24-12-7-6-8-13-24)37(5)32(40)29(36(4)30(38)16-11-19-33(2,3)35)22-25-17-18-26-14-9-10-15-27(26)20-25/h6-10,12-15,17-18,20,23,28-29H,11,16,19,21-22,34-35H2,1-5H3/t23?,28?,29-/m1/s1. The summed E-state index contributed by atoms with van der Waals surface area (Å²) in [7, 11) is 3.31. The third-order valence-corrected chi connectivity index (χ3v) is 7.46. The maximum absolute atomic E-state index is 14.2. The van der Waals surface area contributed by atoms with Crippen LogP contribution in [0.15, 0.2) is 72.8 Å². The van der Waals surface area contributed by atoms with Gasteiger partial charge in [-0.25, -0.2) is 0 Å². The van der Waals surface area contributed by atoms with Gasteiger partial charge in [-0.05, 0) is 55.5 Å². The van der Waals surface area contributed by atoms with Gasteiger partial charge in [0.1, 0.15) is 6.04 Å². The summed E-state index contributed by atoms with van der Waals surface area (Å²) < 4.78 is 0. The number of Topliss-reactive ketones (excluding diaryl/α,β-unsaturated/α-hetero) is 1. The molecule has 3 aromatic carbocycles. The van der Waals surface area contributed by atoms with Crippen LogP contribution in [0.5, 0.6) is 0 Å². The van der Waals surface area contributed by atoms with Gasteiger partial charge in [-0.3, -0.25) is 14.4 Å². The Morgan fingerprint density at radius 3 is 2.02 bits per heavy atom. The Morgan fingerprint density at radius 2 is 1.40 bits per heavy atom. The van der Waals surface area contributed by atoms with Crippen molar-refractivity contribution in [1.29, 1.82) is 0 Å². The van der Waals surface area contributed by atoms with E-state index in [0.29, 0.717) is 25.7 Å². The van der Waals surface area contributed by atoms with Gasteiger partial charge >= 0.3 is 0 Å². The van der Waals surface area contributed by atoms with Crippen LogP contribution in [0.1, 0.15) is 51.2 Å². The van der Waals surface area contributed by atoms with E-state index in [1.54, 1.807) is 21.0 Å². The zero-order valence-corrected chi connectivity index (χ0v) is 24.5. The van der Waals surface area contributed by atoms with Gasteiger partial charge < -0.3 is 21.3 Å². The number of hydrogen-bond donors (Lipinski definition) is 2. The maximum Gasteiger partial charge on any atom is 0.246 e. The van der Waals surface area contributed by atoms with Crippen LogP contribution in [0, 0.1) is 0 Å². The number of hydrogen-bond acceptors (Lipinski definition) is 5. The summed E-state index contributed by atoms with van der Waals surface area (Å²) in [5.74, 6) is -0.642. The highest BCUT2D eigenvalue weighted by Gasteiger charge is 2.35. The first kappa shape index (κ1) is 31.0. The number of amides is 2. The van der Waals surface area contributed by atoms with Gasteiger partial charge in [-0.15, -0.1) is 0 Å². The molecule has 0 aliphatic heterocycles. The first-order valence-electron chi connectivity index (χ1n) is 14.0. The molecule has 214 valence electrons. The number of fused-ring (bicyclic) bond motifs is 1. The van der Waals surface area contributed by atoms with Crippen molar-refractivity contribution in [2.45, 2.75) is 76.5 Å². The van der Waals surface area contributed by atoms with E-state index in [1.807, 2.05) is 80.6 Å². The lowest BCUT2D eigenvalue weighted by Crippen LogP contribution is -2.56. The van der Waals surface area contributed by atoms with Crippen LogP contribution < -0.4 is 11.5 Å². The molecule has 0 fully saturated rings. The molecule has 40 heavy (non-hydrogen) atoms. The molecule has 2 unspecified atom stereocenters. The molecule has 0 aliphatic rings. The van der Waals surface area contributed by atoms with E-state index >= 15 is 0 Å². The molecule has 7 nitrogen and oxygen atoms in total. The average molecular weight is 545 g/mol. The first-order valence-corrected chi connectivity index (χ1v) is 14.0. The summed E-state index contributed by atoms with van der Waals surface area (Å²) in [5, 5.41) is 2.17. The van der Waals surface area contributed by atoms with E-state index in [4.69, 9.17) is 11.5 Å². The summed E-state index contributed by atoms with van der Waals surface area (Å²) in [6, 6.07) is 21.4. The van der Waals surface area contributed by atoms with Crippen molar-refractivity contribution in [1.82, 2.24) is 9.80 Å². The predicted molar refractivity (Wildman–Crippen MR) is 162 cm³/mol. The summed E-state index contributed by atoms with van der Waals surface area (Å²) >= 11 is 0. The number of ketones is 1. The Hall–Kier alpha value is -3.55. The van der Waals surface area contributed by atoms with E-state index in [0.717, 1.165) is 21.9 Å². The van der Waals surface area contributed by atoms with Gasteiger partial charge in [0.15, 0.2) is 5.78 Å². The summed E-state index contributed by atoms with van der Waals surface area (Å²) in [6.07, 6.45) is 2.27. The molecule has 0 spiro atoms. The number of carbonyl (C=O) groups is 3. The van der Waals surface area contributed by atoms with Crippen molar-refractivity contribution in [2.24, 2.45) is 11.5 Å². The molecule has 0 aliphatic carbocycles. The molecule has 0 saturated carbocycles. The van der Waals surface area contributed by atoms with Gasteiger partial charge in [-0.2, -0.15) is 0 Å². The third-order valence-electron chi connectivity index (χ3n) is 7.46. The topological polar surface area (TPSA) is 110 Å². The van der Waals surface area contributed by atoms with Crippen LogP contribution in [-0.4, -0.2) is 65.2 Å². The number of rotatable bonds is 13. The number of benzene rings is 3. The highest BCUT2D eigenvalue weighted by Crippen LogP contribution is 2.21. The lowest BCUT2D eigenvalue weighted by atomic mass is 9.95. The minimum absolute atomic E-state index is 0.130. The molecule has 0 heterocycles. The fourth-order valence-corrected chi connectivity index (χ4v) is 4.98. The summed E-state index contributed by atoms with van der Waals surface area (Å²) in [6.45, 7) is 5.51. The largest absolute Gasteiger partial charge is 0.334 e. The molecule has 2 amide bonds. The predicted octanol–water partition coefficient (Wildman–Crippen LogP) is 4.10. The molecule has 0 bridgehead atoms. The number of nitrogens with zero attached hydrogens (tertiary/aromatic N) is 2. The van der Waals surface area contributed by atoms with Gasteiger partial charge in [0.05, 0.1) is 12.1 Å². The normalized spacial score (nSPS) is 13.9. The fraction of sp³-hybridized carbons (Fsp3) is 0.424. The van der Waals surface area contributed by atoms with Crippen molar-refractivity contribution in [2.75, 3.05) is 14.1 Å². The summed E-state index contributed by atoms with van der Waals surface area (Å²) in [4.78, 5) is 43.8. The van der Waals surface area contributed by atoms with Gasteiger partial charge in [0.25, 0.3) is 0 Å². The third kappa shape index (κ3) is 8.47. The second kappa shape index (κ2) is 13.7. The van der Waals surface area contributed by atoms with Crippen LogP contribution >= 0.6 is 0 Å². The van der Waals surface area contributed by atoms with E-state index in [9.17, 15) is 14.4 Å². The monoisotopic (exact) mass is 544 g/mol. The van der Waals surface area contributed by atoms with Crippen LogP contribution in [0.3, 0.4) is 0 Å². The Kier molecular flexibility index (Phi) is 10.6. The van der Waals surface area contributed by atoms with Crippen molar-refractivity contribution in [3.63, 3.8) is 0 Å². The summed E-state index contributed by atoms with van der Waals surface area (Å²) in [5.41, 5.74) is 13.6. The fourth-order valence-electron chi connectivity index (χ4n) is 4.98. The molecule has 0 aromatic heterocycles. The highest BCUT2D eigenvalue weighted by atomic mass is 16.2. The first-order chi connectivity index (χ1) is 18.9. The SMILES string of the molecule is CC(N)C(=O)C(Cc1ccccc1)N(C)C(=O)[C@@H](Cc1ccc2ccccc2c1)N(C)C(=O)CCCC(C)(C)N. The molecule has 0 radical (unpaired) electrons. The Labute approximate surface area is 238 Å². The van der Waals surface area contributed by atoms with E-state index < -0.39 is 18.1 Å². The van der Waals surface area contributed by atoms with Crippen molar-refractivity contribution < 1.29 is 14.4 Å². The smallest absolute Gasteiger partial charge is 0.246 e. The van der Waals surface area contributed by atoms with Crippen LogP contribution in [0.2, 0.25) is 0 Å². The molecule has 7 heteroatoms. The molecule has 3 atom stereocenters. The Morgan fingerprint density at radius 1 is 0.800 bits per heavy atom. The van der Waals surface area contributed by atoms with Crippen LogP contribution in [-0.2, 0) is 27.2 Å². The van der Waals surface area contributed by atoms with Crippen molar-refractivity contribution in [3.8, 4) is 0 Å². The quantitative estimate of drug-likeness (QED) is 0.337. The van der Waals surface area contributed by atoms with E-state index in [2.05, 4.69) is 6.07 Å². The molecule has 3 aromatic rings. The molecular weight excluding hydrogens is 500 g/mol. The average Bonchev–Trinajstić information content (AvgIpc) is 2.92. The van der Waals surface area contributed by atoms with Crippen molar-refractivity contribution >= 4 is 28.4 Å². The van der Waals surface area contributed by atoms with Crippen LogP contribution in [0.25, 0.3) is 10.8 Å². The highest BCUT2D eigenvalue weighted by molar-refractivity contribution is 5.95. The lowest BCUT2D eigenvalue weighted by Gasteiger charge is -2.35. The Bertz CT molecular complexity index is 1300. The zero-order valence-electron chi connectivity index (χ0n) is 24.5. The van der Waals surface area contributed by atoms with E-state index in [1.165, 1.54) is 9.80 Å². The maximum atomic E-state index is 14.2. The molecule has 4 N–H and O–H groups in total. The van der Waals surface area contributed by atoms with E-state index in [-0.39, 0.29) is 29.6 Å². The van der Waals surface area contributed by atoms with Gasteiger partial charge in [-0.1, -0.05) is 72.8 Å². The number of nitrogens with two attached hydrogens (primary N) is 2. The number of carbonyl (C=O) groups excluding carboxylic acids is 3. The molecule has 3 rings (SSSR count). The van der Waals surface area contributed by atoms with Gasteiger partial charge in [0, 0.05) is 38.9 Å². The molecular formula is C33H44N4O3. The second-order valence-corrected chi connectivity index (χ2v) is 11.6. The second-order valence-electron chi connectivity index (χ2n) is 11.6. The minimum atomic E-state index is -0.788. The van der Waals surface area contributed by atoms with Gasteiger partial charge in [0.2, 0.25) is 11.8 Å². The number of likely N-dealkylation sites (N-methyl/N-ethyl adjacent to an activating group) is 2. The minimum Gasteiger partial charge on any atom is -0.334 e. The Balaban J connectivity index is 1.92.